The van der Waals surface area contributed by atoms with Crippen LogP contribution in [0, 0.1) is 11.8 Å². The van der Waals surface area contributed by atoms with Crippen LogP contribution in [0.3, 0.4) is 0 Å². The van der Waals surface area contributed by atoms with Crippen molar-refractivity contribution in [3.8, 4) is 5.75 Å². The molecule has 2 aromatic carbocycles. The van der Waals surface area contributed by atoms with Crippen molar-refractivity contribution >= 4 is 28.2 Å². The molecule has 0 aromatic heterocycles. The molecule has 40 heavy (non-hydrogen) atoms. The van der Waals surface area contributed by atoms with E-state index < -0.39 is 58.0 Å². The monoisotopic (exact) mass is 549 g/mol. The number of amides is 1. The number of hydrogen-bond donors (Lipinski definition) is 6. The lowest BCUT2D eigenvalue weighted by Gasteiger charge is -2.50. The zero-order chi connectivity index (χ0) is 29.1. The molecule has 0 fully saturated rings. The van der Waals surface area contributed by atoms with Crippen LogP contribution in [0.5, 0.6) is 5.75 Å². The Kier molecular flexibility index (Phi) is 6.98. The van der Waals surface area contributed by atoms with Gasteiger partial charge in [-0.15, -0.1) is 0 Å². The number of benzene rings is 2. The van der Waals surface area contributed by atoms with Crippen molar-refractivity contribution in [1.82, 2.24) is 10.2 Å². The van der Waals surface area contributed by atoms with E-state index in [0.717, 1.165) is 30.3 Å². The molecule has 0 bridgehead atoms. The zero-order valence-electron chi connectivity index (χ0n) is 22.8. The normalized spacial score (nSPS) is 26.3. The third kappa shape index (κ3) is 4.01. The highest BCUT2D eigenvalue weighted by Crippen LogP contribution is 2.52. The average molecular weight is 550 g/mol. The van der Waals surface area contributed by atoms with E-state index in [1.165, 1.54) is 4.90 Å². The van der Waals surface area contributed by atoms with Crippen LogP contribution in [0.25, 0.3) is 10.8 Å². The van der Waals surface area contributed by atoms with Crippen molar-refractivity contribution in [1.29, 1.82) is 0 Å². The molecule has 0 saturated heterocycles. The predicted molar refractivity (Wildman–Crippen MR) is 148 cm³/mol. The van der Waals surface area contributed by atoms with Crippen molar-refractivity contribution in [3.05, 3.63) is 63.6 Å². The highest BCUT2D eigenvalue weighted by atomic mass is 16.3. The van der Waals surface area contributed by atoms with Crippen molar-refractivity contribution in [2.24, 2.45) is 17.6 Å². The van der Waals surface area contributed by atoms with Gasteiger partial charge in [0, 0.05) is 23.4 Å². The molecule has 0 aliphatic heterocycles. The first-order valence-electron chi connectivity index (χ1n) is 13.6. The molecular formula is C30H35N3O7. The Hall–Kier alpha value is -3.73. The van der Waals surface area contributed by atoms with Crippen molar-refractivity contribution < 1.29 is 34.8 Å². The molecule has 2 aromatic rings. The molecular weight excluding hydrogens is 514 g/mol. The summed E-state index contributed by atoms with van der Waals surface area (Å²) < 4.78 is 0. The molecule has 4 atom stereocenters. The first-order chi connectivity index (χ1) is 18.9. The first kappa shape index (κ1) is 27.8. The number of phenolic OH excluding ortho intramolecular Hbond substituents is 1. The van der Waals surface area contributed by atoms with Crippen LogP contribution < -0.4 is 11.1 Å². The van der Waals surface area contributed by atoms with Crippen LogP contribution in [0.4, 0.5) is 0 Å². The Morgan fingerprint density at radius 2 is 1.90 bits per heavy atom. The quantitative estimate of drug-likeness (QED) is 0.223. The number of allylic oxidation sites excluding steroid dienone is 1. The van der Waals surface area contributed by atoms with Crippen molar-refractivity contribution in [2.45, 2.75) is 50.8 Å². The fourth-order valence-electron chi connectivity index (χ4n) is 6.71. The van der Waals surface area contributed by atoms with E-state index in [1.54, 1.807) is 14.1 Å². The molecule has 10 heteroatoms. The van der Waals surface area contributed by atoms with Gasteiger partial charge in [-0.1, -0.05) is 31.5 Å². The number of hydrogen-bond acceptors (Lipinski definition) is 9. The van der Waals surface area contributed by atoms with E-state index in [9.17, 15) is 34.8 Å². The minimum absolute atomic E-state index is 0.0179. The fourth-order valence-corrected chi connectivity index (χ4v) is 6.71. The summed E-state index contributed by atoms with van der Waals surface area (Å²) in [5.74, 6) is -6.48. The molecule has 10 nitrogen and oxygen atoms in total. The maximum absolute atomic E-state index is 13.9. The summed E-state index contributed by atoms with van der Waals surface area (Å²) in [5.41, 5.74) is 3.31. The number of ketones is 2. The number of rotatable bonds is 7. The second-order valence-corrected chi connectivity index (χ2v) is 11.3. The number of carbonyl (C=O) groups is 3. The Bertz CT molecular complexity index is 1510. The van der Waals surface area contributed by atoms with Crippen LogP contribution in [-0.2, 0) is 22.6 Å². The fraction of sp³-hybridized carbons (Fsp3) is 0.433. The summed E-state index contributed by atoms with van der Waals surface area (Å²) in [7, 11) is 3.20. The summed E-state index contributed by atoms with van der Waals surface area (Å²) in [4.78, 5) is 41.0. The molecule has 212 valence electrons. The number of nitrogens with two attached hydrogens (primary N) is 1. The average Bonchev–Trinajstić information content (AvgIpc) is 2.88. The number of aromatic hydroxyl groups is 1. The van der Waals surface area contributed by atoms with E-state index >= 15 is 0 Å². The number of nitrogens with one attached hydrogen (secondary N) is 1. The van der Waals surface area contributed by atoms with Gasteiger partial charge in [-0.05, 0) is 68.4 Å². The number of Topliss-reactive ketones (excluding diaryl/α,β-unsaturated/α-hetero) is 2. The third-order valence-corrected chi connectivity index (χ3v) is 8.63. The van der Waals surface area contributed by atoms with Gasteiger partial charge in [0.2, 0.25) is 5.78 Å². The Morgan fingerprint density at radius 1 is 1.18 bits per heavy atom. The van der Waals surface area contributed by atoms with E-state index in [2.05, 4.69) is 12.2 Å². The number of phenols is 1. The summed E-state index contributed by atoms with van der Waals surface area (Å²) >= 11 is 0. The van der Waals surface area contributed by atoms with Crippen molar-refractivity contribution in [2.75, 3.05) is 20.6 Å². The number of likely N-dealkylation sites (N-methyl/N-ethyl adjacent to an activating group) is 1. The topological polar surface area (TPSA) is 173 Å². The molecule has 7 N–H and O–H groups in total. The minimum atomic E-state index is -2.64. The van der Waals surface area contributed by atoms with Crippen LogP contribution in [-0.4, -0.2) is 75.1 Å². The van der Waals surface area contributed by atoms with Crippen molar-refractivity contribution in [3.63, 3.8) is 0 Å². The summed E-state index contributed by atoms with van der Waals surface area (Å²) in [5, 5.41) is 49.9. The largest absolute Gasteiger partial charge is 0.510 e. The third-order valence-electron chi connectivity index (χ3n) is 8.63. The number of unbranched alkanes of at least 4 members (excludes halogenated alkanes) is 1. The molecule has 3 aliphatic rings. The Morgan fingerprint density at radius 3 is 2.55 bits per heavy atom. The summed E-state index contributed by atoms with van der Waals surface area (Å²) in [6.07, 6.45) is 2.44. The van der Waals surface area contributed by atoms with Crippen LogP contribution in [0.2, 0.25) is 0 Å². The molecule has 0 radical (unpaired) electrons. The standard InChI is InChI=1S/C30H35N3O7/c1-4-5-8-32-13-14-6-7-15-10-16-11-17-12-19-23(33(2)3)26(36)22(29(31)39)28(38)30(19,40)27(37)21(17)25(35)20(16)24(34)18(15)9-14/h6-7,9-10,17,19,23,32,34,36-37,40H,4-5,8,11-13H2,1-3H3,(H2,31,39)/t17-,19-,23-,30-/m0/s1. The van der Waals surface area contributed by atoms with Gasteiger partial charge in [0.05, 0.1) is 11.6 Å². The van der Waals surface area contributed by atoms with E-state index in [4.69, 9.17) is 5.73 Å². The molecule has 0 unspecified atom stereocenters. The second-order valence-electron chi connectivity index (χ2n) is 11.3. The van der Waals surface area contributed by atoms with Gasteiger partial charge in [0.15, 0.2) is 11.4 Å². The van der Waals surface area contributed by atoms with Gasteiger partial charge in [0.1, 0.15) is 22.8 Å². The number of aliphatic hydroxyl groups excluding tert-OH is 2. The van der Waals surface area contributed by atoms with Crippen LogP contribution >= 0.6 is 0 Å². The summed E-state index contributed by atoms with van der Waals surface area (Å²) in [6, 6.07) is 6.52. The van der Waals surface area contributed by atoms with Crippen LogP contribution in [0.1, 0.15) is 47.7 Å². The molecule has 0 heterocycles. The highest BCUT2D eigenvalue weighted by Gasteiger charge is 2.63. The maximum atomic E-state index is 13.9. The van der Waals surface area contributed by atoms with E-state index in [-0.39, 0.29) is 29.7 Å². The number of aliphatic hydroxyl groups is 3. The van der Waals surface area contributed by atoms with Gasteiger partial charge in [-0.3, -0.25) is 19.3 Å². The number of primary amides is 1. The van der Waals surface area contributed by atoms with Gasteiger partial charge >= 0.3 is 0 Å². The lowest BCUT2D eigenvalue weighted by molar-refractivity contribution is -0.148. The number of nitrogens with zero attached hydrogens (tertiary/aromatic N) is 1. The molecule has 1 amide bonds. The molecule has 5 rings (SSSR count). The Balaban J connectivity index is 1.62. The van der Waals surface area contributed by atoms with Crippen LogP contribution in [0.15, 0.2) is 46.9 Å². The molecule has 0 spiro atoms. The van der Waals surface area contributed by atoms with E-state index in [1.807, 2.05) is 24.3 Å². The lowest BCUT2D eigenvalue weighted by Crippen LogP contribution is -2.63. The number of carbonyl (C=O) groups excluding carboxylic acids is 3. The number of fused-ring (bicyclic) bond motifs is 4. The van der Waals surface area contributed by atoms with Gasteiger partial charge in [0.25, 0.3) is 5.91 Å². The first-order valence-corrected chi connectivity index (χ1v) is 13.6. The maximum Gasteiger partial charge on any atom is 0.255 e. The summed E-state index contributed by atoms with van der Waals surface area (Å²) in [6.45, 7) is 3.57. The highest BCUT2D eigenvalue weighted by molar-refractivity contribution is 6.25. The molecule has 3 aliphatic carbocycles. The Labute approximate surface area is 231 Å². The van der Waals surface area contributed by atoms with Gasteiger partial charge < -0.3 is 31.5 Å². The zero-order valence-corrected chi connectivity index (χ0v) is 22.8. The van der Waals surface area contributed by atoms with Gasteiger partial charge in [-0.25, -0.2) is 0 Å². The predicted octanol–water partition coefficient (Wildman–Crippen LogP) is 2.16. The minimum Gasteiger partial charge on any atom is -0.510 e. The van der Waals surface area contributed by atoms with E-state index in [0.29, 0.717) is 17.5 Å². The second kappa shape index (κ2) is 10.0. The molecule has 0 saturated carbocycles. The smallest absolute Gasteiger partial charge is 0.255 e. The lowest BCUT2D eigenvalue weighted by atomic mass is 9.58. The SMILES string of the molecule is CCCCNCc1ccc2cc3c(c(O)c2c1)C(=O)C1=C(O)[C@]2(O)C(=O)C(C(N)=O)=C(O)[C@@H](N(C)C)[C@@H]2C[C@@H]1C3. The van der Waals surface area contributed by atoms with Gasteiger partial charge in [-0.2, -0.15) is 0 Å².